The average molecular weight is 339 g/mol. The van der Waals surface area contributed by atoms with E-state index in [0.29, 0.717) is 10.5 Å². The molecule has 0 radical (unpaired) electrons. The number of allylic oxidation sites excluding steroid dienone is 6. The van der Waals surface area contributed by atoms with Crippen molar-refractivity contribution in [3.05, 3.63) is 64.5 Å². The van der Waals surface area contributed by atoms with Crippen LogP contribution in [0.2, 0.25) is 0 Å². The van der Waals surface area contributed by atoms with Gasteiger partial charge in [-0.25, -0.2) is 4.21 Å². The van der Waals surface area contributed by atoms with Crippen molar-refractivity contribution >= 4 is 11.1 Å². The zero-order valence-electron chi connectivity index (χ0n) is 13.5. The Morgan fingerprint density at radius 1 is 1.12 bits per heavy atom. The molecule has 0 bridgehead atoms. The van der Waals surface area contributed by atoms with Gasteiger partial charge in [-0.15, -0.1) is 0 Å². The predicted octanol–water partition coefficient (Wildman–Crippen LogP) is 3.28. The molecule has 0 aliphatic carbocycles. The molecule has 0 amide bonds. The number of nitriles is 2. The molecule has 0 saturated heterocycles. The second-order valence-corrected chi connectivity index (χ2v) is 6.39. The van der Waals surface area contributed by atoms with E-state index in [2.05, 4.69) is 4.90 Å². The van der Waals surface area contributed by atoms with Gasteiger partial charge in [0.1, 0.15) is 17.7 Å². The van der Waals surface area contributed by atoms with Crippen LogP contribution in [-0.2, 0) is 17.5 Å². The van der Waals surface area contributed by atoms with Crippen molar-refractivity contribution in [1.29, 1.82) is 10.5 Å². The third kappa shape index (κ3) is 3.99. The van der Waals surface area contributed by atoms with Crippen molar-refractivity contribution < 1.29 is 8.76 Å². The molecule has 2 rings (SSSR count). The lowest BCUT2D eigenvalue weighted by molar-refractivity contribution is 0.427. The molecule has 1 aliphatic heterocycles. The third-order valence-corrected chi connectivity index (χ3v) is 4.52. The van der Waals surface area contributed by atoms with Crippen molar-refractivity contribution in [3.63, 3.8) is 0 Å². The quantitative estimate of drug-likeness (QED) is 0.672. The molecule has 24 heavy (non-hydrogen) atoms. The molecule has 122 valence electrons. The summed E-state index contributed by atoms with van der Waals surface area (Å²) in [6.07, 6.45) is 4.46. The maximum Gasteiger partial charge on any atom is 0.186 e. The van der Waals surface area contributed by atoms with Crippen molar-refractivity contribution in [3.8, 4) is 12.1 Å². The first-order chi connectivity index (χ1) is 11.5. The van der Waals surface area contributed by atoms with Crippen LogP contribution in [0.25, 0.3) is 0 Å². The number of benzene rings is 1. The third-order valence-electron chi connectivity index (χ3n) is 3.84. The molecule has 0 saturated carbocycles. The summed E-state index contributed by atoms with van der Waals surface area (Å²) in [5.41, 5.74) is 3.77. The molecule has 1 heterocycles. The van der Waals surface area contributed by atoms with Crippen LogP contribution in [0.3, 0.4) is 0 Å². The van der Waals surface area contributed by atoms with Crippen LogP contribution in [-0.4, -0.2) is 20.2 Å². The van der Waals surface area contributed by atoms with Crippen LogP contribution in [0.15, 0.2) is 63.9 Å². The number of rotatable bonds is 4. The summed E-state index contributed by atoms with van der Waals surface area (Å²) in [7, 11) is 0. The van der Waals surface area contributed by atoms with Crippen molar-refractivity contribution in [1.82, 2.24) is 4.90 Å². The molecule has 1 unspecified atom stereocenters. The molecule has 1 atom stereocenters. The second-order valence-electron chi connectivity index (χ2n) is 5.42. The molecule has 6 heteroatoms. The van der Waals surface area contributed by atoms with Crippen molar-refractivity contribution in [2.24, 2.45) is 0 Å². The maximum atomic E-state index is 11.0. The Morgan fingerprint density at radius 3 is 2.12 bits per heavy atom. The van der Waals surface area contributed by atoms with Gasteiger partial charge in [0.05, 0.1) is 4.90 Å². The standard InChI is InChI=1S/C18H17N3O2S/c1-13-9-16(17(11-19)12-20)10-14(2)21(13)8-7-15-3-5-18(6-4-15)24(22)23/h3-6,9-10H,7-8H2,1-2H3,(H,22,23). The van der Waals surface area contributed by atoms with E-state index in [1.54, 1.807) is 12.1 Å². The average Bonchev–Trinajstić information content (AvgIpc) is 2.55. The summed E-state index contributed by atoms with van der Waals surface area (Å²) in [6.45, 7) is 4.63. The molecule has 0 fully saturated rings. The Labute approximate surface area is 144 Å². The highest BCUT2D eigenvalue weighted by atomic mass is 32.2. The van der Waals surface area contributed by atoms with Crippen LogP contribution in [0, 0.1) is 22.7 Å². The van der Waals surface area contributed by atoms with Gasteiger partial charge < -0.3 is 9.45 Å². The zero-order valence-corrected chi connectivity index (χ0v) is 14.3. The van der Waals surface area contributed by atoms with Gasteiger partial charge in [-0.1, -0.05) is 12.1 Å². The number of hydrogen-bond acceptors (Lipinski definition) is 4. The molecule has 0 spiro atoms. The molecule has 1 aromatic rings. The molecule has 1 aromatic carbocycles. The highest BCUT2D eigenvalue weighted by Crippen LogP contribution is 2.24. The summed E-state index contributed by atoms with van der Waals surface area (Å²) in [4.78, 5) is 2.51. The largest absolute Gasteiger partial charge is 0.349 e. The molecule has 5 nitrogen and oxygen atoms in total. The fraction of sp³-hybridized carbons (Fsp3) is 0.222. The monoisotopic (exact) mass is 339 g/mol. The Bertz CT molecular complexity index is 799. The van der Waals surface area contributed by atoms with Gasteiger partial charge in [0, 0.05) is 23.5 Å². The highest BCUT2D eigenvalue weighted by Gasteiger charge is 2.15. The van der Waals surface area contributed by atoms with Gasteiger partial charge in [-0.2, -0.15) is 10.5 Å². The number of nitrogens with zero attached hydrogens (tertiary/aromatic N) is 3. The van der Waals surface area contributed by atoms with Crippen LogP contribution in [0.5, 0.6) is 0 Å². The zero-order chi connectivity index (χ0) is 17.7. The van der Waals surface area contributed by atoms with E-state index in [9.17, 15) is 4.21 Å². The minimum absolute atomic E-state index is 0.112. The Kier molecular flexibility index (Phi) is 5.70. The Morgan fingerprint density at radius 2 is 1.67 bits per heavy atom. The normalized spacial score (nSPS) is 15.0. The maximum absolute atomic E-state index is 11.0. The van der Waals surface area contributed by atoms with Gasteiger partial charge in [0.25, 0.3) is 0 Å². The lowest BCUT2D eigenvalue weighted by Crippen LogP contribution is -2.25. The fourth-order valence-corrected chi connectivity index (χ4v) is 2.96. The van der Waals surface area contributed by atoms with E-state index in [0.717, 1.165) is 29.9 Å². The molecular formula is C18H17N3O2S. The van der Waals surface area contributed by atoms with Gasteiger partial charge in [-0.3, -0.25) is 0 Å². The summed E-state index contributed by atoms with van der Waals surface area (Å²) < 4.78 is 20.0. The Balaban J connectivity index is 2.12. The molecule has 1 N–H and O–H groups in total. The topological polar surface area (TPSA) is 88.1 Å². The summed E-state index contributed by atoms with van der Waals surface area (Å²) in [5, 5.41) is 18.0. The second kappa shape index (κ2) is 7.74. The summed E-state index contributed by atoms with van der Waals surface area (Å²) in [5.74, 6) is 0. The van der Waals surface area contributed by atoms with E-state index >= 15 is 0 Å². The van der Waals surface area contributed by atoms with Crippen LogP contribution in [0.1, 0.15) is 19.4 Å². The summed E-state index contributed by atoms with van der Waals surface area (Å²) in [6, 6.07) is 10.8. The van der Waals surface area contributed by atoms with Crippen LogP contribution >= 0.6 is 0 Å². The predicted molar refractivity (Wildman–Crippen MR) is 91.7 cm³/mol. The lowest BCUT2D eigenvalue weighted by atomic mass is 10.0. The van der Waals surface area contributed by atoms with Gasteiger partial charge in [-0.05, 0) is 50.1 Å². The summed E-state index contributed by atoms with van der Waals surface area (Å²) >= 11 is -1.95. The van der Waals surface area contributed by atoms with E-state index in [1.807, 2.05) is 50.3 Å². The fourth-order valence-electron chi connectivity index (χ4n) is 2.59. The minimum atomic E-state index is -1.95. The number of hydrogen-bond donors (Lipinski definition) is 1. The van der Waals surface area contributed by atoms with Crippen LogP contribution < -0.4 is 0 Å². The van der Waals surface area contributed by atoms with Crippen molar-refractivity contribution in [2.75, 3.05) is 6.54 Å². The van der Waals surface area contributed by atoms with E-state index < -0.39 is 11.1 Å². The van der Waals surface area contributed by atoms with Gasteiger partial charge >= 0.3 is 0 Å². The molecular weight excluding hydrogens is 322 g/mol. The molecule has 0 aromatic heterocycles. The first-order valence-corrected chi connectivity index (χ1v) is 8.45. The van der Waals surface area contributed by atoms with Gasteiger partial charge in [0.2, 0.25) is 0 Å². The van der Waals surface area contributed by atoms with E-state index in [4.69, 9.17) is 15.1 Å². The highest BCUT2D eigenvalue weighted by molar-refractivity contribution is 7.79. The lowest BCUT2D eigenvalue weighted by Gasteiger charge is -2.29. The Hall–Kier alpha value is -2.67. The van der Waals surface area contributed by atoms with E-state index in [-0.39, 0.29) is 5.57 Å². The first-order valence-electron chi connectivity index (χ1n) is 7.34. The minimum Gasteiger partial charge on any atom is -0.349 e. The molecule has 1 aliphatic rings. The smallest absolute Gasteiger partial charge is 0.186 e. The SMILES string of the molecule is CC1=CC(=C(C#N)C#N)C=C(C)N1CCc1ccc(S(=O)O)cc1. The first kappa shape index (κ1) is 17.7. The van der Waals surface area contributed by atoms with E-state index in [1.165, 1.54) is 0 Å². The van der Waals surface area contributed by atoms with Crippen molar-refractivity contribution in [2.45, 2.75) is 25.2 Å². The van der Waals surface area contributed by atoms with Gasteiger partial charge in [0.15, 0.2) is 11.1 Å². The van der Waals surface area contributed by atoms with Crippen LogP contribution in [0.4, 0.5) is 0 Å².